The molecule has 6 heteroatoms. The second-order valence-electron chi connectivity index (χ2n) is 3.50. The molecule has 0 bridgehead atoms. The summed E-state index contributed by atoms with van der Waals surface area (Å²) in [6.45, 7) is 0. The molecule has 94 valence electrons. The van der Waals surface area contributed by atoms with Gasteiger partial charge in [-0.25, -0.2) is 0 Å². The number of rotatable bonds is 0. The van der Waals surface area contributed by atoms with E-state index in [1.165, 1.54) is 11.1 Å². The first-order chi connectivity index (χ1) is 8.45. The van der Waals surface area contributed by atoms with Gasteiger partial charge in [-0.15, -0.1) is 0 Å². The molecule has 0 aliphatic carbocycles. The minimum atomic E-state index is -5.39. The number of benzene rings is 2. The van der Waals surface area contributed by atoms with Gasteiger partial charge in [0.15, 0.2) is 0 Å². The van der Waals surface area contributed by atoms with Crippen molar-refractivity contribution in [3.05, 3.63) is 55.7 Å². The van der Waals surface area contributed by atoms with Gasteiger partial charge in [-0.05, 0) is 24.3 Å². The first kappa shape index (κ1) is 13.7. The van der Waals surface area contributed by atoms with Crippen LogP contribution >= 0.6 is 7.82 Å². The Balaban J connectivity index is 0.000000209. The average molecular weight is 374 g/mol. The van der Waals surface area contributed by atoms with E-state index in [4.69, 9.17) is 19.2 Å². The van der Waals surface area contributed by atoms with Crippen molar-refractivity contribution in [3.8, 4) is 11.1 Å². The predicted octanol–water partition coefficient (Wildman–Crippen LogP) is -3.03. The maximum atomic E-state index is 8.55. The van der Waals surface area contributed by atoms with Crippen LogP contribution < -0.4 is 35.9 Å². The zero-order valence-electron chi connectivity index (χ0n) is 9.08. The summed E-state index contributed by atoms with van der Waals surface area (Å²) in [6, 6.07) is 17.6. The minimum Gasteiger partial charge on any atom is -0.822 e. The summed E-state index contributed by atoms with van der Waals surface area (Å²) in [7, 11) is -5.39. The summed E-state index contributed by atoms with van der Waals surface area (Å²) in [4.78, 5) is 25.6. The highest BCUT2D eigenvalue weighted by Crippen LogP contribution is 2.21. The summed E-state index contributed by atoms with van der Waals surface area (Å²) < 4.78 is 11.7. The molecule has 0 amide bonds. The fraction of sp³-hybridized carbons (Fsp3) is 0. The normalized spacial score (nSPS) is 12.2. The molecular weight excluding hydrogens is 366 g/mol. The van der Waals surface area contributed by atoms with Gasteiger partial charge in [-0.2, -0.15) is 7.82 Å². The molecule has 4 nitrogen and oxygen atoms in total. The third kappa shape index (κ3) is 3.63. The smallest absolute Gasteiger partial charge is 0.359 e. The molecule has 0 unspecified atom stereocenters. The summed E-state index contributed by atoms with van der Waals surface area (Å²) in [5, 5.41) is 0. The van der Waals surface area contributed by atoms with Crippen molar-refractivity contribution in [3.63, 3.8) is 0 Å². The van der Waals surface area contributed by atoms with Crippen LogP contribution in [-0.4, -0.2) is 0 Å². The van der Waals surface area contributed by atoms with Gasteiger partial charge >= 0.3 is 21.2 Å². The molecule has 0 saturated carbocycles. The lowest BCUT2D eigenvalue weighted by atomic mass is 10.1. The highest BCUT2D eigenvalue weighted by atomic mass is 127. The fourth-order valence-corrected chi connectivity index (χ4v) is 4.56. The van der Waals surface area contributed by atoms with Crippen LogP contribution in [-0.2, 0) is 4.57 Å². The first-order valence-electron chi connectivity index (χ1n) is 5.01. The van der Waals surface area contributed by atoms with Gasteiger partial charge < -0.3 is 19.2 Å². The standard InChI is InChI=1S/C12H8I.H3O4P/c1-3-7-11-9(5-1)10-6-2-4-8-12(10)13-11;1-5(2,3)4/h1-8H;(H3,1,2,3,4)/q+1;/p-3. The second kappa shape index (κ2) is 5.50. The molecule has 0 fully saturated rings. The van der Waals surface area contributed by atoms with Gasteiger partial charge in [0.05, 0.1) is 0 Å². The number of halogens is 1. The van der Waals surface area contributed by atoms with E-state index in [-0.39, 0.29) is 21.2 Å². The zero-order chi connectivity index (χ0) is 13.2. The van der Waals surface area contributed by atoms with Crippen molar-refractivity contribution in [2.75, 3.05) is 0 Å². The van der Waals surface area contributed by atoms with Gasteiger partial charge in [-0.3, -0.25) is 0 Å². The molecule has 0 radical (unpaired) electrons. The van der Waals surface area contributed by atoms with Crippen molar-refractivity contribution in [1.29, 1.82) is 0 Å². The molecule has 18 heavy (non-hydrogen) atoms. The number of hydrogen-bond donors (Lipinski definition) is 0. The topological polar surface area (TPSA) is 86.2 Å². The maximum absolute atomic E-state index is 8.55. The van der Waals surface area contributed by atoms with Crippen molar-refractivity contribution in [2.45, 2.75) is 0 Å². The van der Waals surface area contributed by atoms with Crippen molar-refractivity contribution in [1.82, 2.24) is 0 Å². The lowest BCUT2D eigenvalue weighted by molar-refractivity contribution is -0.589. The van der Waals surface area contributed by atoms with E-state index in [2.05, 4.69) is 48.5 Å². The van der Waals surface area contributed by atoms with Crippen LogP contribution in [0.25, 0.3) is 11.1 Å². The molecule has 2 aromatic rings. The largest absolute Gasteiger partial charge is 0.822 e. The SMILES string of the molecule is O=P([O-])([O-])[O-].c1ccc2c(c1)[I+]c1ccccc1-2. The van der Waals surface area contributed by atoms with E-state index in [9.17, 15) is 0 Å². The number of fused-ring (bicyclic) bond motifs is 3. The molecule has 3 rings (SSSR count). The summed E-state index contributed by atoms with van der Waals surface area (Å²) in [6.07, 6.45) is 0. The Morgan fingerprint density at radius 2 is 1.11 bits per heavy atom. The minimum absolute atomic E-state index is 0.103. The zero-order valence-corrected chi connectivity index (χ0v) is 12.1. The maximum Gasteiger partial charge on any atom is 0.359 e. The van der Waals surface area contributed by atoms with Gasteiger partial charge in [0, 0.05) is 11.1 Å². The van der Waals surface area contributed by atoms with E-state index >= 15 is 0 Å². The molecule has 1 aliphatic rings. The fourth-order valence-electron chi connectivity index (χ4n) is 1.63. The molecule has 0 N–H and O–H groups in total. The van der Waals surface area contributed by atoms with Gasteiger partial charge in [0.2, 0.25) is 7.14 Å². The quantitative estimate of drug-likeness (QED) is 0.310. The van der Waals surface area contributed by atoms with Crippen LogP contribution in [0.3, 0.4) is 0 Å². The van der Waals surface area contributed by atoms with E-state index < -0.39 is 7.82 Å². The van der Waals surface area contributed by atoms with Crippen molar-refractivity contribution in [2.24, 2.45) is 0 Å². The molecule has 0 aromatic heterocycles. The summed E-state index contributed by atoms with van der Waals surface area (Å²) >= 11 is 0.103. The van der Waals surface area contributed by atoms with Crippen molar-refractivity contribution < 1.29 is 40.5 Å². The van der Waals surface area contributed by atoms with E-state index in [1.54, 1.807) is 7.14 Å². The number of phosphoric acid groups is 1. The van der Waals surface area contributed by atoms with Crippen LogP contribution in [0.15, 0.2) is 48.5 Å². The molecule has 0 atom stereocenters. The Hall–Kier alpha value is -0.720. The Bertz CT molecular complexity index is 557. The third-order valence-corrected chi connectivity index (χ3v) is 5.29. The number of hydrogen-bond acceptors (Lipinski definition) is 4. The van der Waals surface area contributed by atoms with Crippen LogP contribution in [0.5, 0.6) is 0 Å². The molecule has 2 aromatic carbocycles. The van der Waals surface area contributed by atoms with Gasteiger partial charge in [0.1, 0.15) is 0 Å². The third-order valence-electron chi connectivity index (χ3n) is 2.24. The molecule has 0 saturated heterocycles. The van der Waals surface area contributed by atoms with Gasteiger partial charge in [-0.1, -0.05) is 24.3 Å². The molecule has 0 spiro atoms. The Morgan fingerprint density at radius 1 is 0.778 bits per heavy atom. The van der Waals surface area contributed by atoms with Crippen LogP contribution in [0.1, 0.15) is 0 Å². The monoisotopic (exact) mass is 374 g/mol. The lowest BCUT2D eigenvalue weighted by Crippen LogP contribution is -3.61. The van der Waals surface area contributed by atoms with Crippen LogP contribution in [0.4, 0.5) is 0 Å². The molecule has 1 aliphatic heterocycles. The van der Waals surface area contributed by atoms with E-state index in [0.29, 0.717) is 0 Å². The average Bonchev–Trinajstić information content (AvgIpc) is 2.65. The summed E-state index contributed by atoms with van der Waals surface area (Å²) in [5.41, 5.74) is 2.93. The molecular formula is C12H8IO4P-2. The van der Waals surface area contributed by atoms with Crippen LogP contribution in [0.2, 0.25) is 0 Å². The Morgan fingerprint density at radius 3 is 1.50 bits per heavy atom. The lowest BCUT2D eigenvalue weighted by Gasteiger charge is -2.36. The first-order valence-corrected chi connectivity index (χ1v) is 8.63. The van der Waals surface area contributed by atoms with Crippen LogP contribution in [0, 0.1) is 7.14 Å². The van der Waals surface area contributed by atoms with Gasteiger partial charge in [0.25, 0.3) is 0 Å². The highest BCUT2D eigenvalue weighted by Gasteiger charge is 2.31. The van der Waals surface area contributed by atoms with E-state index in [1.807, 2.05) is 0 Å². The van der Waals surface area contributed by atoms with Crippen molar-refractivity contribution >= 4 is 7.82 Å². The predicted molar refractivity (Wildman–Crippen MR) is 56.9 cm³/mol. The second-order valence-corrected chi connectivity index (χ2v) is 7.26. The summed E-state index contributed by atoms with van der Waals surface area (Å²) in [5.74, 6) is 0. The van der Waals surface area contributed by atoms with E-state index in [0.717, 1.165) is 0 Å². The highest BCUT2D eigenvalue weighted by molar-refractivity contribution is 7.40. The Labute approximate surface area is 115 Å². The molecule has 1 heterocycles. The Kier molecular flexibility index (Phi) is 4.19.